The van der Waals surface area contributed by atoms with Gasteiger partial charge < -0.3 is 11.1 Å². The molecule has 3 N–H and O–H groups in total. The van der Waals surface area contributed by atoms with Gasteiger partial charge in [0.2, 0.25) is 5.91 Å². The topological polar surface area (TPSA) is 84.1 Å². The van der Waals surface area contributed by atoms with E-state index in [1.54, 1.807) is 12.3 Å². The zero-order valence-electron chi connectivity index (χ0n) is 12.9. The van der Waals surface area contributed by atoms with Crippen molar-refractivity contribution in [3.05, 3.63) is 33.9 Å². The van der Waals surface area contributed by atoms with Gasteiger partial charge in [0.1, 0.15) is 5.82 Å². The maximum Gasteiger partial charge on any atom is 0.229 e. The van der Waals surface area contributed by atoms with Crippen molar-refractivity contribution < 1.29 is 4.79 Å². The molecule has 6 nitrogen and oxygen atoms in total. The normalized spacial score (nSPS) is 18.0. The van der Waals surface area contributed by atoms with Crippen molar-refractivity contribution >= 4 is 56.5 Å². The summed E-state index contributed by atoms with van der Waals surface area (Å²) in [5.74, 6) is 0.610. The van der Waals surface area contributed by atoms with Crippen molar-refractivity contribution in [2.24, 2.45) is 5.92 Å². The second-order valence-electron chi connectivity index (χ2n) is 5.59. The van der Waals surface area contributed by atoms with Gasteiger partial charge in [0, 0.05) is 34.8 Å². The van der Waals surface area contributed by atoms with E-state index in [1.165, 1.54) is 11.3 Å². The predicted octanol–water partition coefficient (Wildman–Crippen LogP) is 3.16. The second kappa shape index (κ2) is 8.75. The van der Waals surface area contributed by atoms with E-state index in [1.807, 2.05) is 12.3 Å². The van der Waals surface area contributed by atoms with Crippen LogP contribution in [0.1, 0.15) is 17.7 Å². The van der Waals surface area contributed by atoms with Gasteiger partial charge in [-0.2, -0.15) is 0 Å². The number of amides is 1. The lowest BCUT2D eigenvalue weighted by molar-refractivity contribution is -0.121. The number of anilines is 2. The Bertz CT molecular complexity index is 681. The van der Waals surface area contributed by atoms with E-state index in [2.05, 4.69) is 36.1 Å². The third kappa shape index (κ3) is 5.14. The lowest BCUT2D eigenvalue weighted by atomic mass is 9.97. The Morgan fingerprint density at radius 3 is 2.92 bits per heavy atom. The second-order valence-corrected chi connectivity index (χ2v) is 7.65. The zero-order valence-corrected chi connectivity index (χ0v) is 16.2. The smallest absolute Gasteiger partial charge is 0.229 e. The molecule has 3 heterocycles. The fraction of sp³-hybridized carbons (Fsp3) is 0.400. The molecule has 1 unspecified atom stereocenters. The highest BCUT2D eigenvalue weighted by molar-refractivity contribution is 9.10. The number of nitrogens with two attached hydrogens (primary N) is 1. The number of likely N-dealkylation sites (tertiary alicyclic amines) is 1. The first-order valence-electron chi connectivity index (χ1n) is 7.45. The summed E-state index contributed by atoms with van der Waals surface area (Å²) >= 11 is 4.84. The number of carbonyl (C=O) groups excluding carboxylic acids is 1. The molecule has 130 valence electrons. The fourth-order valence-electron chi connectivity index (χ4n) is 2.71. The number of piperidine rings is 1. The number of aromatic nitrogens is 2. The largest absolute Gasteiger partial charge is 0.375 e. The van der Waals surface area contributed by atoms with Crippen LogP contribution < -0.4 is 11.1 Å². The summed E-state index contributed by atoms with van der Waals surface area (Å²) in [4.78, 5) is 24.1. The summed E-state index contributed by atoms with van der Waals surface area (Å²) in [6.45, 7) is 2.55. The van der Waals surface area contributed by atoms with Crippen molar-refractivity contribution in [1.29, 1.82) is 0 Å². The van der Waals surface area contributed by atoms with E-state index in [4.69, 9.17) is 5.73 Å². The van der Waals surface area contributed by atoms with Crippen LogP contribution in [0.2, 0.25) is 0 Å². The maximum absolute atomic E-state index is 12.4. The number of halogens is 2. The van der Waals surface area contributed by atoms with Crippen LogP contribution in [0.5, 0.6) is 0 Å². The Hall–Kier alpha value is -1.22. The summed E-state index contributed by atoms with van der Waals surface area (Å²) in [7, 11) is 0. The van der Waals surface area contributed by atoms with Gasteiger partial charge in [-0.05, 0) is 47.4 Å². The molecular weight excluding hydrogens is 414 g/mol. The van der Waals surface area contributed by atoms with Crippen molar-refractivity contribution in [2.75, 3.05) is 24.1 Å². The SMILES string of the molecule is Cl.Nc1ncc(CN2CCCC(C(=O)Nc3ccc(Br)cn3)C2)s1. The first-order chi connectivity index (χ1) is 11.1. The number of pyridine rings is 1. The summed E-state index contributed by atoms with van der Waals surface area (Å²) < 4.78 is 0.892. The van der Waals surface area contributed by atoms with Gasteiger partial charge in [-0.15, -0.1) is 23.7 Å². The first kappa shape index (κ1) is 19.1. The molecule has 1 aliphatic heterocycles. The molecule has 2 aromatic heterocycles. The van der Waals surface area contributed by atoms with Crippen LogP contribution >= 0.6 is 39.7 Å². The monoisotopic (exact) mass is 431 g/mol. The lowest BCUT2D eigenvalue weighted by Gasteiger charge is -2.31. The minimum Gasteiger partial charge on any atom is -0.375 e. The molecule has 0 aromatic carbocycles. The molecular formula is C15H19BrClN5OS. The molecule has 1 aliphatic rings. The number of hydrogen-bond donors (Lipinski definition) is 2. The molecule has 3 rings (SSSR count). The molecule has 24 heavy (non-hydrogen) atoms. The molecule has 1 amide bonds. The third-order valence-electron chi connectivity index (χ3n) is 3.81. The number of nitrogens with zero attached hydrogens (tertiary/aromatic N) is 3. The summed E-state index contributed by atoms with van der Waals surface area (Å²) in [6.07, 6.45) is 5.41. The van der Waals surface area contributed by atoms with Gasteiger partial charge >= 0.3 is 0 Å². The number of nitrogen functional groups attached to an aromatic ring is 1. The van der Waals surface area contributed by atoms with Gasteiger partial charge in [-0.25, -0.2) is 9.97 Å². The number of rotatable bonds is 4. The fourth-order valence-corrected chi connectivity index (χ4v) is 3.67. The van der Waals surface area contributed by atoms with Crippen molar-refractivity contribution in [1.82, 2.24) is 14.9 Å². The van der Waals surface area contributed by atoms with Crippen LogP contribution in [0.4, 0.5) is 10.9 Å². The van der Waals surface area contributed by atoms with Gasteiger partial charge in [-0.3, -0.25) is 9.69 Å². The van der Waals surface area contributed by atoms with Crippen LogP contribution in [0.3, 0.4) is 0 Å². The zero-order chi connectivity index (χ0) is 16.2. The molecule has 1 atom stereocenters. The molecule has 0 saturated carbocycles. The molecule has 0 radical (unpaired) electrons. The molecule has 0 bridgehead atoms. The van der Waals surface area contributed by atoms with E-state index >= 15 is 0 Å². The highest BCUT2D eigenvalue weighted by atomic mass is 79.9. The summed E-state index contributed by atoms with van der Waals surface area (Å²) in [6, 6.07) is 3.66. The predicted molar refractivity (Wildman–Crippen MR) is 102 cm³/mol. The minimum atomic E-state index is -0.0144. The summed E-state index contributed by atoms with van der Waals surface area (Å²) in [5, 5.41) is 3.49. The number of carbonyl (C=O) groups is 1. The molecule has 0 aliphatic carbocycles. The van der Waals surface area contributed by atoms with E-state index in [9.17, 15) is 4.79 Å². The Morgan fingerprint density at radius 1 is 1.42 bits per heavy atom. The van der Waals surface area contributed by atoms with Crippen LogP contribution in [0.25, 0.3) is 0 Å². The Labute approximate surface area is 159 Å². The summed E-state index contributed by atoms with van der Waals surface area (Å²) in [5.41, 5.74) is 5.67. The quantitative estimate of drug-likeness (QED) is 0.775. The average molecular weight is 433 g/mol. The molecule has 0 spiro atoms. The van der Waals surface area contributed by atoms with Gasteiger partial charge in [0.05, 0.1) is 5.92 Å². The molecule has 1 fully saturated rings. The average Bonchev–Trinajstić information content (AvgIpc) is 2.95. The highest BCUT2D eigenvalue weighted by Gasteiger charge is 2.26. The van der Waals surface area contributed by atoms with Crippen LogP contribution in [0, 0.1) is 5.92 Å². The van der Waals surface area contributed by atoms with Crippen molar-refractivity contribution in [3.8, 4) is 0 Å². The Morgan fingerprint density at radius 2 is 2.25 bits per heavy atom. The van der Waals surface area contributed by atoms with E-state index in [0.717, 1.165) is 41.8 Å². The van der Waals surface area contributed by atoms with E-state index in [-0.39, 0.29) is 24.2 Å². The number of nitrogens with one attached hydrogen (secondary N) is 1. The Balaban J connectivity index is 0.00000208. The van der Waals surface area contributed by atoms with Crippen LogP contribution in [-0.4, -0.2) is 33.9 Å². The third-order valence-corrected chi connectivity index (χ3v) is 5.09. The van der Waals surface area contributed by atoms with Crippen LogP contribution in [-0.2, 0) is 11.3 Å². The van der Waals surface area contributed by atoms with Crippen LogP contribution in [0.15, 0.2) is 29.0 Å². The van der Waals surface area contributed by atoms with Gasteiger partial charge in [-0.1, -0.05) is 0 Å². The minimum absolute atomic E-state index is 0. The number of thiazole rings is 1. The number of hydrogen-bond acceptors (Lipinski definition) is 6. The molecule has 9 heteroatoms. The Kier molecular flexibility index (Phi) is 6.97. The maximum atomic E-state index is 12.4. The van der Waals surface area contributed by atoms with E-state index < -0.39 is 0 Å². The molecule has 2 aromatic rings. The molecule has 1 saturated heterocycles. The van der Waals surface area contributed by atoms with Crippen molar-refractivity contribution in [2.45, 2.75) is 19.4 Å². The first-order valence-corrected chi connectivity index (χ1v) is 9.06. The lowest BCUT2D eigenvalue weighted by Crippen LogP contribution is -2.40. The standard InChI is InChI=1S/C15H18BrN5OS.ClH/c16-11-3-4-13(18-6-11)20-14(22)10-2-1-5-21(8-10)9-12-7-19-15(17)23-12;/h3-4,6-7,10H,1-2,5,8-9H2,(H2,17,19)(H,18,20,22);1H. The van der Waals surface area contributed by atoms with E-state index in [0.29, 0.717) is 10.9 Å². The van der Waals surface area contributed by atoms with Gasteiger partial charge in [0.25, 0.3) is 0 Å². The van der Waals surface area contributed by atoms with Crippen molar-refractivity contribution in [3.63, 3.8) is 0 Å². The highest BCUT2D eigenvalue weighted by Crippen LogP contribution is 2.23. The van der Waals surface area contributed by atoms with Gasteiger partial charge in [0.15, 0.2) is 5.13 Å².